The third-order valence-corrected chi connectivity index (χ3v) is 6.34. The monoisotopic (exact) mass is 352 g/mol. The molecule has 4 heteroatoms. The number of pyridine rings is 1. The average Bonchev–Trinajstić information content (AvgIpc) is 2.61. The summed E-state index contributed by atoms with van der Waals surface area (Å²) in [6.45, 7) is 6.56. The molecule has 1 saturated carbocycles. The second-order valence-electron chi connectivity index (χ2n) is 8.14. The number of hydrogen-bond acceptors (Lipinski definition) is 4. The lowest BCUT2D eigenvalue weighted by Gasteiger charge is -2.52. The van der Waals surface area contributed by atoms with Crippen molar-refractivity contribution in [2.45, 2.75) is 45.3 Å². The number of piperidine rings is 1. The van der Waals surface area contributed by atoms with Crippen LogP contribution in [0.5, 0.6) is 5.75 Å². The molecule has 4 rings (SSSR count). The molecule has 2 heterocycles. The van der Waals surface area contributed by atoms with E-state index in [4.69, 9.17) is 0 Å². The highest BCUT2D eigenvalue weighted by Crippen LogP contribution is 2.48. The normalized spacial score (nSPS) is 28.9. The molecule has 4 nitrogen and oxygen atoms in total. The summed E-state index contributed by atoms with van der Waals surface area (Å²) in [5.41, 5.74) is 3.14. The van der Waals surface area contributed by atoms with E-state index in [0.717, 1.165) is 49.3 Å². The minimum absolute atomic E-state index is 0.226. The summed E-state index contributed by atoms with van der Waals surface area (Å²) in [6.07, 6.45) is 5.08. The van der Waals surface area contributed by atoms with Crippen LogP contribution in [-0.2, 0) is 12.1 Å². The molecule has 2 aromatic rings. The minimum Gasteiger partial charge on any atom is -0.507 e. The Morgan fingerprint density at radius 2 is 1.77 bits per heavy atom. The zero-order chi connectivity index (χ0) is 18.3. The van der Waals surface area contributed by atoms with Crippen molar-refractivity contribution < 1.29 is 10.2 Å². The molecule has 1 saturated heterocycles. The van der Waals surface area contributed by atoms with Crippen LogP contribution >= 0.6 is 0 Å². The first kappa shape index (κ1) is 17.5. The highest BCUT2D eigenvalue weighted by Gasteiger charge is 2.52. The molecule has 2 atom stereocenters. The summed E-state index contributed by atoms with van der Waals surface area (Å²) in [4.78, 5) is 6.97. The van der Waals surface area contributed by atoms with Gasteiger partial charge in [-0.1, -0.05) is 24.6 Å². The molecule has 2 aliphatic rings. The van der Waals surface area contributed by atoms with Gasteiger partial charge in [0, 0.05) is 37.7 Å². The number of aromatic nitrogens is 1. The molecule has 1 aliphatic carbocycles. The molecule has 0 radical (unpaired) electrons. The van der Waals surface area contributed by atoms with Crippen molar-refractivity contribution in [2.75, 3.05) is 13.1 Å². The predicted octanol–water partition coefficient (Wildman–Crippen LogP) is 3.52. The van der Waals surface area contributed by atoms with Gasteiger partial charge in [0.25, 0.3) is 0 Å². The third-order valence-electron chi connectivity index (χ3n) is 6.34. The topological polar surface area (TPSA) is 56.6 Å². The average molecular weight is 352 g/mol. The number of fused-ring (bicyclic) bond motifs is 2. The standard InChI is InChI=1S/C22H28N2O2/c1-15-10-17(11-16(2)21(15)25)12-24-13-18-6-5-7-19(14-24)22(18,26)20-8-3-4-9-23-20/h3-4,8-11,18-19,25-26H,5-7,12-14H2,1-2H3. The minimum atomic E-state index is -0.795. The van der Waals surface area contributed by atoms with Crippen LogP contribution in [0.1, 0.15) is 41.6 Å². The Kier molecular flexibility index (Phi) is 4.49. The molecule has 2 unspecified atom stereocenters. The Bertz CT molecular complexity index is 753. The van der Waals surface area contributed by atoms with E-state index in [-0.39, 0.29) is 11.8 Å². The molecule has 2 bridgehead atoms. The number of nitrogens with zero attached hydrogens (tertiary/aromatic N) is 2. The fraction of sp³-hybridized carbons (Fsp3) is 0.500. The molecule has 138 valence electrons. The van der Waals surface area contributed by atoms with E-state index in [1.54, 1.807) is 6.20 Å². The quantitative estimate of drug-likeness (QED) is 0.887. The van der Waals surface area contributed by atoms with Gasteiger partial charge in [-0.3, -0.25) is 9.88 Å². The number of likely N-dealkylation sites (tertiary alicyclic amines) is 1. The summed E-state index contributed by atoms with van der Waals surface area (Å²) in [6, 6.07) is 10.0. The maximum Gasteiger partial charge on any atom is 0.121 e. The largest absolute Gasteiger partial charge is 0.507 e. The SMILES string of the molecule is Cc1cc(CN2CC3CCCC(C2)C3(O)c2ccccn2)cc(C)c1O. The van der Waals surface area contributed by atoms with Gasteiger partial charge in [0.2, 0.25) is 0 Å². The molecular weight excluding hydrogens is 324 g/mol. The van der Waals surface area contributed by atoms with Crippen LogP contribution in [0.4, 0.5) is 0 Å². The highest BCUT2D eigenvalue weighted by molar-refractivity contribution is 5.42. The molecule has 1 aromatic heterocycles. The van der Waals surface area contributed by atoms with Crippen molar-refractivity contribution in [1.29, 1.82) is 0 Å². The van der Waals surface area contributed by atoms with Gasteiger partial charge in [0.1, 0.15) is 11.4 Å². The number of aryl methyl sites for hydroxylation is 2. The van der Waals surface area contributed by atoms with Gasteiger partial charge in [-0.2, -0.15) is 0 Å². The number of phenols is 1. The highest BCUT2D eigenvalue weighted by atomic mass is 16.3. The molecule has 0 amide bonds. The van der Waals surface area contributed by atoms with Crippen molar-refractivity contribution in [1.82, 2.24) is 9.88 Å². The van der Waals surface area contributed by atoms with Crippen LogP contribution in [0.3, 0.4) is 0 Å². The smallest absolute Gasteiger partial charge is 0.121 e. The third kappa shape index (κ3) is 2.91. The summed E-state index contributed by atoms with van der Waals surface area (Å²) in [7, 11) is 0. The van der Waals surface area contributed by atoms with Gasteiger partial charge >= 0.3 is 0 Å². The Hall–Kier alpha value is -1.91. The number of aromatic hydroxyl groups is 1. The van der Waals surface area contributed by atoms with E-state index in [9.17, 15) is 10.2 Å². The number of hydrogen-bond donors (Lipinski definition) is 2. The fourth-order valence-corrected chi connectivity index (χ4v) is 5.08. The zero-order valence-electron chi connectivity index (χ0n) is 15.7. The Morgan fingerprint density at radius 3 is 2.35 bits per heavy atom. The molecule has 2 fully saturated rings. The zero-order valence-corrected chi connectivity index (χ0v) is 15.7. The van der Waals surface area contributed by atoms with Gasteiger partial charge < -0.3 is 10.2 Å². The van der Waals surface area contributed by atoms with Crippen LogP contribution in [0.2, 0.25) is 0 Å². The van der Waals surface area contributed by atoms with Crippen LogP contribution < -0.4 is 0 Å². The van der Waals surface area contributed by atoms with E-state index in [2.05, 4.69) is 22.0 Å². The van der Waals surface area contributed by atoms with Crippen LogP contribution in [0, 0.1) is 25.7 Å². The first-order chi connectivity index (χ1) is 12.5. The fourth-order valence-electron chi connectivity index (χ4n) is 5.08. The van der Waals surface area contributed by atoms with Gasteiger partial charge in [0.15, 0.2) is 0 Å². The lowest BCUT2D eigenvalue weighted by molar-refractivity contribution is -0.151. The Morgan fingerprint density at radius 1 is 1.12 bits per heavy atom. The summed E-state index contributed by atoms with van der Waals surface area (Å²) in [5.74, 6) is 0.849. The van der Waals surface area contributed by atoms with Crippen LogP contribution in [0.25, 0.3) is 0 Å². The van der Waals surface area contributed by atoms with Crippen molar-refractivity contribution in [3.05, 3.63) is 58.9 Å². The second kappa shape index (κ2) is 6.67. The summed E-state index contributed by atoms with van der Waals surface area (Å²) in [5, 5.41) is 21.6. The van der Waals surface area contributed by atoms with E-state index >= 15 is 0 Å². The number of rotatable bonds is 3. The Labute approximate surface area is 155 Å². The van der Waals surface area contributed by atoms with Crippen molar-refractivity contribution in [2.24, 2.45) is 11.8 Å². The molecule has 1 aliphatic heterocycles. The van der Waals surface area contributed by atoms with E-state index in [0.29, 0.717) is 5.75 Å². The lowest BCUT2D eigenvalue weighted by Crippen LogP contribution is -2.58. The van der Waals surface area contributed by atoms with Crippen molar-refractivity contribution in [3.63, 3.8) is 0 Å². The first-order valence-corrected chi connectivity index (χ1v) is 9.63. The van der Waals surface area contributed by atoms with E-state index in [1.807, 2.05) is 32.0 Å². The number of benzene rings is 1. The van der Waals surface area contributed by atoms with Gasteiger partial charge in [0.05, 0.1) is 5.69 Å². The van der Waals surface area contributed by atoms with E-state index in [1.165, 1.54) is 12.0 Å². The summed E-state index contributed by atoms with van der Waals surface area (Å²) < 4.78 is 0. The Balaban J connectivity index is 1.57. The van der Waals surface area contributed by atoms with Crippen LogP contribution in [-0.4, -0.2) is 33.2 Å². The lowest BCUT2D eigenvalue weighted by atomic mass is 9.64. The molecule has 2 N–H and O–H groups in total. The molecule has 0 spiro atoms. The maximum atomic E-state index is 11.6. The van der Waals surface area contributed by atoms with E-state index < -0.39 is 5.60 Å². The van der Waals surface area contributed by atoms with Crippen molar-refractivity contribution >= 4 is 0 Å². The number of aliphatic hydroxyl groups is 1. The molecule has 26 heavy (non-hydrogen) atoms. The summed E-state index contributed by atoms with van der Waals surface area (Å²) >= 11 is 0. The van der Waals surface area contributed by atoms with Crippen LogP contribution in [0.15, 0.2) is 36.5 Å². The van der Waals surface area contributed by atoms with Gasteiger partial charge in [-0.25, -0.2) is 0 Å². The maximum absolute atomic E-state index is 11.6. The predicted molar refractivity (Wildman–Crippen MR) is 102 cm³/mol. The number of phenolic OH excluding ortho intramolecular Hbond substituents is 1. The second-order valence-corrected chi connectivity index (χ2v) is 8.14. The van der Waals surface area contributed by atoms with Crippen molar-refractivity contribution in [3.8, 4) is 5.75 Å². The molecular formula is C22H28N2O2. The first-order valence-electron chi connectivity index (χ1n) is 9.63. The van der Waals surface area contributed by atoms with Gasteiger partial charge in [-0.15, -0.1) is 0 Å². The molecule has 1 aromatic carbocycles. The van der Waals surface area contributed by atoms with Gasteiger partial charge in [-0.05, 0) is 55.5 Å².